The lowest BCUT2D eigenvalue weighted by molar-refractivity contribution is -0.149. The van der Waals surface area contributed by atoms with Crippen molar-refractivity contribution in [1.82, 2.24) is 0 Å². The molecule has 0 radical (unpaired) electrons. The molecule has 2 N–H and O–H groups in total. The molecule has 0 heterocycles. The number of para-hydroxylation sites is 1. The quantitative estimate of drug-likeness (QED) is 0.536. The number of benzene rings is 3. The molecule has 3 rings (SSSR count). The molecular weight excluding hydrogens is 380 g/mol. The van der Waals surface area contributed by atoms with E-state index in [-0.39, 0.29) is 13.2 Å². The average molecular weight is 404 g/mol. The lowest BCUT2D eigenvalue weighted by atomic mass is 10.1. The van der Waals surface area contributed by atoms with E-state index >= 15 is 0 Å². The van der Waals surface area contributed by atoms with Crippen LogP contribution in [0, 0.1) is 13.8 Å². The van der Waals surface area contributed by atoms with Crippen molar-refractivity contribution in [2.24, 2.45) is 0 Å². The van der Waals surface area contributed by atoms with Crippen molar-refractivity contribution < 1.29 is 19.1 Å². The summed E-state index contributed by atoms with van der Waals surface area (Å²) in [5.41, 5.74) is 4.76. The maximum atomic E-state index is 11.9. The predicted octanol–water partition coefficient (Wildman–Crippen LogP) is 4.61. The van der Waals surface area contributed by atoms with Gasteiger partial charge in [-0.1, -0.05) is 24.3 Å². The summed E-state index contributed by atoms with van der Waals surface area (Å²) < 4.78 is 10.4. The zero-order valence-electron chi connectivity index (χ0n) is 17.0. The average Bonchev–Trinajstić information content (AvgIpc) is 2.75. The molecule has 154 valence electrons. The van der Waals surface area contributed by atoms with Crippen LogP contribution in [0.3, 0.4) is 0 Å². The number of carbonyl (C=O) groups is 2. The largest absolute Gasteiger partial charge is 0.482 e. The number of aryl methyl sites for hydroxylation is 2. The molecule has 0 saturated carbocycles. The fourth-order valence-electron chi connectivity index (χ4n) is 2.67. The van der Waals surface area contributed by atoms with Crippen LogP contribution in [0.1, 0.15) is 11.1 Å². The van der Waals surface area contributed by atoms with Crippen LogP contribution in [-0.2, 0) is 14.3 Å². The number of hydrogen-bond acceptors (Lipinski definition) is 5. The van der Waals surface area contributed by atoms with E-state index in [0.29, 0.717) is 11.4 Å². The first-order valence-electron chi connectivity index (χ1n) is 9.57. The summed E-state index contributed by atoms with van der Waals surface area (Å²) in [4.78, 5) is 23.8. The van der Waals surface area contributed by atoms with Gasteiger partial charge in [0, 0.05) is 17.1 Å². The Morgan fingerprint density at radius 1 is 0.767 bits per heavy atom. The van der Waals surface area contributed by atoms with Crippen LogP contribution in [-0.4, -0.2) is 25.1 Å². The Bertz CT molecular complexity index is 1000. The van der Waals surface area contributed by atoms with Gasteiger partial charge in [-0.3, -0.25) is 4.79 Å². The Morgan fingerprint density at radius 3 is 2.13 bits per heavy atom. The standard InChI is InChI=1S/C24H24N2O4/c1-17-8-9-21(14-18(17)2)26-23(27)15-30-24(28)16-29-22-12-10-20(11-13-22)25-19-6-4-3-5-7-19/h3-14,25H,15-16H2,1-2H3,(H,26,27). The second kappa shape index (κ2) is 10.1. The third-order valence-corrected chi connectivity index (χ3v) is 4.43. The summed E-state index contributed by atoms with van der Waals surface area (Å²) in [6.45, 7) is 3.32. The number of ether oxygens (including phenoxy) is 2. The lowest BCUT2D eigenvalue weighted by Crippen LogP contribution is -2.23. The number of nitrogens with one attached hydrogen (secondary N) is 2. The van der Waals surface area contributed by atoms with E-state index < -0.39 is 11.9 Å². The normalized spacial score (nSPS) is 10.2. The van der Waals surface area contributed by atoms with Crippen LogP contribution in [0.25, 0.3) is 0 Å². The van der Waals surface area contributed by atoms with E-state index in [2.05, 4.69) is 10.6 Å². The van der Waals surface area contributed by atoms with Crippen LogP contribution in [0.15, 0.2) is 72.8 Å². The first kappa shape index (κ1) is 20.9. The van der Waals surface area contributed by atoms with E-state index in [9.17, 15) is 9.59 Å². The summed E-state index contributed by atoms with van der Waals surface area (Å²) in [5.74, 6) is -0.482. The third kappa shape index (κ3) is 6.38. The molecule has 0 bridgehead atoms. The van der Waals surface area contributed by atoms with Gasteiger partial charge in [-0.25, -0.2) is 4.79 Å². The van der Waals surface area contributed by atoms with Crippen LogP contribution >= 0.6 is 0 Å². The summed E-state index contributed by atoms with van der Waals surface area (Å²) in [7, 11) is 0. The molecule has 0 fully saturated rings. The highest BCUT2D eigenvalue weighted by Crippen LogP contribution is 2.20. The predicted molar refractivity (Wildman–Crippen MR) is 117 cm³/mol. The zero-order valence-corrected chi connectivity index (χ0v) is 17.0. The van der Waals surface area contributed by atoms with Crippen molar-refractivity contribution in [3.63, 3.8) is 0 Å². The molecule has 1 amide bonds. The van der Waals surface area contributed by atoms with E-state index in [1.54, 1.807) is 12.1 Å². The molecule has 0 aromatic heterocycles. The maximum absolute atomic E-state index is 11.9. The molecule has 0 unspecified atom stereocenters. The van der Waals surface area contributed by atoms with E-state index in [1.165, 1.54) is 0 Å². The van der Waals surface area contributed by atoms with Crippen molar-refractivity contribution in [2.75, 3.05) is 23.8 Å². The van der Waals surface area contributed by atoms with Gasteiger partial charge in [0.25, 0.3) is 5.91 Å². The number of amides is 1. The van der Waals surface area contributed by atoms with Crippen molar-refractivity contribution in [2.45, 2.75) is 13.8 Å². The number of anilines is 3. The van der Waals surface area contributed by atoms with Gasteiger partial charge in [0.05, 0.1) is 0 Å². The highest BCUT2D eigenvalue weighted by Gasteiger charge is 2.09. The maximum Gasteiger partial charge on any atom is 0.344 e. The Hall–Kier alpha value is -3.80. The molecule has 3 aromatic rings. The fraction of sp³-hybridized carbons (Fsp3) is 0.167. The minimum Gasteiger partial charge on any atom is -0.482 e. The van der Waals surface area contributed by atoms with Crippen LogP contribution in [0.5, 0.6) is 5.75 Å². The van der Waals surface area contributed by atoms with E-state index in [1.807, 2.05) is 74.5 Å². The van der Waals surface area contributed by atoms with Gasteiger partial charge in [-0.2, -0.15) is 0 Å². The molecule has 0 aliphatic heterocycles. The van der Waals surface area contributed by atoms with Crippen LogP contribution < -0.4 is 15.4 Å². The van der Waals surface area contributed by atoms with E-state index in [4.69, 9.17) is 9.47 Å². The van der Waals surface area contributed by atoms with Crippen LogP contribution in [0.4, 0.5) is 17.1 Å². The van der Waals surface area contributed by atoms with Gasteiger partial charge in [0.15, 0.2) is 13.2 Å². The Labute approximate surface area is 175 Å². The first-order chi connectivity index (χ1) is 14.5. The van der Waals surface area contributed by atoms with Crippen molar-refractivity contribution >= 4 is 28.9 Å². The molecule has 0 aliphatic rings. The van der Waals surface area contributed by atoms with Gasteiger partial charge >= 0.3 is 5.97 Å². The fourth-order valence-corrected chi connectivity index (χ4v) is 2.67. The Balaban J connectivity index is 1.39. The second-order valence-corrected chi connectivity index (χ2v) is 6.81. The van der Waals surface area contributed by atoms with Crippen molar-refractivity contribution in [1.29, 1.82) is 0 Å². The smallest absolute Gasteiger partial charge is 0.344 e. The molecule has 3 aromatic carbocycles. The Morgan fingerprint density at radius 2 is 1.43 bits per heavy atom. The molecule has 0 spiro atoms. The van der Waals surface area contributed by atoms with E-state index in [0.717, 1.165) is 22.5 Å². The molecular formula is C24H24N2O4. The van der Waals surface area contributed by atoms with Gasteiger partial charge < -0.3 is 20.1 Å². The molecule has 30 heavy (non-hydrogen) atoms. The third-order valence-electron chi connectivity index (χ3n) is 4.43. The second-order valence-electron chi connectivity index (χ2n) is 6.81. The summed E-state index contributed by atoms with van der Waals surface area (Å²) in [6, 6.07) is 22.6. The van der Waals surface area contributed by atoms with Gasteiger partial charge in [-0.15, -0.1) is 0 Å². The Kier molecular flexibility index (Phi) is 7.05. The van der Waals surface area contributed by atoms with Crippen LogP contribution in [0.2, 0.25) is 0 Å². The molecule has 0 atom stereocenters. The minimum absolute atomic E-state index is 0.275. The van der Waals surface area contributed by atoms with Crippen molar-refractivity contribution in [3.8, 4) is 5.75 Å². The summed E-state index contributed by atoms with van der Waals surface area (Å²) in [5, 5.41) is 5.96. The van der Waals surface area contributed by atoms with Gasteiger partial charge in [-0.05, 0) is 73.5 Å². The van der Waals surface area contributed by atoms with Crippen molar-refractivity contribution in [3.05, 3.63) is 83.9 Å². The molecule has 0 saturated heterocycles. The number of rotatable bonds is 8. The zero-order chi connectivity index (χ0) is 21.3. The first-order valence-corrected chi connectivity index (χ1v) is 9.57. The summed E-state index contributed by atoms with van der Waals surface area (Å²) in [6.07, 6.45) is 0. The van der Waals surface area contributed by atoms with Gasteiger partial charge in [0.2, 0.25) is 0 Å². The number of hydrogen-bond donors (Lipinski definition) is 2. The van der Waals surface area contributed by atoms with Gasteiger partial charge in [0.1, 0.15) is 5.75 Å². The summed E-state index contributed by atoms with van der Waals surface area (Å²) >= 11 is 0. The number of esters is 1. The number of carbonyl (C=O) groups excluding carboxylic acids is 2. The topological polar surface area (TPSA) is 76.7 Å². The monoisotopic (exact) mass is 404 g/mol. The SMILES string of the molecule is Cc1ccc(NC(=O)COC(=O)COc2ccc(Nc3ccccc3)cc2)cc1C. The molecule has 0 aliphatic carbocycles. The molecule has 6 heteroatoms. The lowest BCUT2D eigenvalue weighted by Gasteiger charge is -2.10. The highest BCUT2D eigenvalue weighted by atomic mass is 16.6. The molecule has 6 nitrogen and oxygen atoms in total. The highest BCUT2D eigenvalue weighted by molar-refractivity contribution is 5.93. The minimum atomic E-state index is -0.614.